The van der Waals surface area contributed by atoms with E-state index >= 15 is 0 Å². The van der Waals surface area contributed by atoms with Gasteiger partial charge in [0.1, 0.15) is 5.75 Å². The second-order valence-electron chi connectivity index (χ2n) is 5.00. The topological polar surface area (TPSA) is 33.3 Å². The van der Waals surface area contributed by atoms with Crippen LogP contribution in [0.25, 0.3) is 0 Å². The van der Waals surface area contributed by atoms with Gasteiger partial charge in [0.25, 0.3) is 0 Å². The highest BCUT2D eigenvalue weighted by Crippen LogP contribution is 2.27. The van der Waals surface area contributed by atoms with Crippen LogP contribution < -0.4 is 15.4 Å². The zero-order chi connectivity index (χ0) is 11.5. The highest BCUT2D eigenvalue weighted by Gasteiger charge is 2.14. The van der Waals surface area contributed by atoms with Crippen LogP contribution in [-0.2, 0) is 6.42 Å². The lowest BCUT2D eigenvalue weighted by atomic mass is 9.99. The summed E-state index contributed by atoms with van der Waals surface area (Å²) < 4.78 is 5.92. The van der Waals surface area contributed by atoms with Crippen LogP contribution in [0.4, 0.5) is 5.69 Å². The summed E-state index contributed by atoms with van der Waals surface area (Å²) in [5, 5.41) is 6.75. The van der Waals surface area contributed by atoms with E-state index in [2.05, 4.69) is 28.8 Å². The smallest absolute Gasteiger partial charge is 0.119 e. The Labute approximate surface area is 103 Å². The van der Waals surface area contributed by atoms with Crippen LogP contribution in [-0.4, -0.2) is 26.2 Å². The van der Waals surface area contributed by atoms with Gasteiger partial charge in [-0.05, 0) is 62.0 Å². The number of benzene rings is 1. The second-order valence-corrected chi connectivity index (χ2v) is 5.00. The molecule has 0 amide bonds. The number of ether oxygens (including phenoxy) is 1. The molecular weight excluding hydrogens is 212 g/mol. The third-order valence-electron chi connectivity index (χ3n) is 3.73. The summed E-state index contributed by atoms with van der Waals surface area (Å²) in [7, 11) is 0. The zero-order valence-corrected chi connectivity index (χ0v) is 10.2. The summed E-state index contributed by atoms with van der Waals surface area (Å²) in [4.78, 5) is 0. The quantitative estimate of drug-likeness (QED) is 0.836. The molecule has 1 aromatic carbocycles. The first kappa shape index (κ1) is 10.9. The Kier molecular flexibility index (Phi) is 3.18. The number of hydrogen-bond acceptors (Lipinski definition) is 3. The Morgan fingerprint density at radius 2 is 2.06 bits per heavy atom. The lowest BCUT2D eigenvalue weighted by molar-refractivity contribution is 0.215. The van der Waals surface area contributed by atoms with Gasteiger partial charge in [0, 0.05) is 12.2 Å². The van der Waals surface area contributed by atoms with E-state index in [1.807, 2.05) is 0 Å². The average molecular weight is 232 g/mol. The number of piperidine rings is 1. The lowest BCUT2D eigenvalue weighted by Gasteiger charge is -2.22. The first-order valence-electron chi connectivity index (χ1n) is 6.62. The van der Waals surface area contributed by atoms with Gasteiger partial charge in [-0.2, -0.15) is 0 Å². The van der Waals surface area contributed by atoms with Crippen molar-refractivity contribution < 1.29 is 4.74 Å². The molecule has 0 aromatic heterocycles. The largest absolute Gasteiger partial charge is 0.493 e. The van der Waals surface area contributed by atoms with Crippen molar-refractivity contribution >= 4 is 5.69 Å². The molecule has 3 rings (SSSR count). The molecular formula is C14H20N2O. The van der Waals surface area contributed by atoms with Crippen molar-refractivity contribution in [3.8, 4) is 5.75 Å². The Balaban J connectivity index is 1.57. The average Bonchev–Trinajstić information content (AvgIpc) is 2.85. The van der Waals surface area contributed by atoms with Crippen molar-refractivity contribution in [3.63, 3.8) is 0 Å². The molecule has 1 aromatic rings. The van der Waals surface area contributed by atoms with Gasteiger partial charge in [0.05, 0.1) is 6.61 Å². The minimum atomic E-state index is 0.725. The van der Waals surface area contributed by atoms with Gasteiger partial charge in [-0.25, -0.2) is 0 Å². The van der Waals surface area contributed by atoms with Crippen molar-refractivity contribution in [1.82, 2.24) is 5.32 Å². The van der Waals surface area contributed by atoms with E-state index in [0.717, 1.165) is 44.3 Å². The molecule has 1 fully saturated rings. The number of rotatable bonds is 3. The van der Waals surface area contributed by atoms with E-state index in [-0.39, 0.29) is 0 Å². The molecule has 2 aliphatic rings. The van der Waals surface area contributed by atoms with E-state index in [9.17, 15) is 0 Å². The minimum Gasteiger partial charge on any atom is -0.493 e. The number of nitrogens with one attached hydrogen (secondary N) is 2. The van der Waals surface area contributed by atoms with E-state index in [4.69, 9.17) is 4.74 Å². The fraction of sp³-hybridized carbons (Fsp3) is 0.571. The number of fused-ring (bicyclic) bond motifs is 1. The van der Waals surface area contributed by atoms with Crippen LogP contribution in [0.1, 0.15) is 18.4 Å². The molecule has 0 unspecified atom stereocenters. The molecule has 0 atom stereocenters. The van der Waals surface area contributed by atoms with E-state index in [1.165, 1.54) is 24.1 Å². The zero-order valence-electron chi connectivity index (χ0n) is 10.2. The molecule has 2 aliphatic heterocycles. The van der Waals surface area contributed by atoms with Crippen molar-refractivity contribution in [2.45, 2.75) is 19.3 Å². The summed E-state index contributed by atoms with van der Waals surface area (Å²) in [5.74, 6) is 1.76. The minimum absolute atomic E-state index is 0.725. The summed E-state index contributed by atoms with van der Waals surface area (Å²) >= 11 is 0. The summed E-state index contributed by atoms with van der Waals surface area (Å²) in [6.45, 7) is 4.21. The molecule has 2 N–H and O–H groups in total. The van der Waals surface area contributed by atoms with Gasteiger partial charge in [-0.1, -0.05) is 0 Å². The molecule has 92 valence electrons. The van der Waals surface area contributed by atoms with Crippen LogP contribution in [0.15, 0.2) is 18.2 Å². The first-order valence-corrected chi connectivity index (χ1v) is 6.62. The molecule has 0 aliphatic carbocycles. The van der Waals surface area contributed by atoms with Crippen LogP contribution in [0.3, 0.4) is 0 Å². The molecule has 0 spiro atoms. The van der Waals surface area contributed by atoms with E-state index in [0.29, 0.717) is 0 Å². The SMILES string of the molecule is c1cc2c(cc1OCC1CCNCC1)CCN2. The molecule has 3 nitrogen and oxygen atoms in total. The fourth-order valence-electron chi connectivity index (χ4n) is 2.63. The molecule has 0 saturated carbocycles. The number of hydrogen-bond donors (Lipinski definition) is 2. The monoisotopic (exact) mass is 232 g/mol. The Bertz CT molecular complexity index is 386. The predicted molar refractivity (Wildman–Crippen MR) is 69.7 cm³/mol. The maximum atomic E-state index is 5.92. The normalized spacial score (nSPS) is 19.8. The van der Waals surface area contributed by atoms with Gasteiger partial charge < -0.3 is 15.4 Å². The predicted octanol–water partition coefficient (Wildman–Crippen LogP) is 2.03. The van der Waals surface area contributed by atoms with Gasteiger partial charge >= 0.3 is 0 Å². The van der Waals surface area contributed by atoms with Gasteiger partial charge in [0.2, 0.25) is 0 Å². The van der Waals surface area contributed by atoms with E-state index < -0.39 is 0 Å². The molecule has 17 heavy (non-hydrogen) atoms. The molecule has 1 saturated heterocycles. The standard InChI is InChI=1S/C14H20N2O/c1-2-14-12(5-8-16-14)9-13(1)17-10-11-3-6-15-7-4-11/h1-2,9,11,15-16H,3-8,10H2. The summed E-state index contributed by atoms with van der Waals surface area (Å²) in [6, 6.07) is 6.41. The third kappa shape index (κ3) is 2.55. The molecule has 0 bridgehead atoms. The van der Waals surface area contributed by atoms with Crippen molar-refractivity contribution in [2.75, 3.05) is 31.6 Å². The highest BCUT2D eigenvalue weighted by molar-refractivity contribution is 5.57. The van der Waals surface area contributed by atoms with Gasteiger partial charge in [0.15, 0.2) is 0 Å². The summed E-state index contributed by atoms with van der Waals surface area (Å²) in [6.07, 6.45) is 3.61. The Hall–Kier alpha value is -1.22. The van der Waals surface area contributed by atoms with E-state index in [1.54, 1.807) is 0 Å². The van der Waals surface area contributed by atoms with Crippen molar-refractivity contribution in [1.29, 1.82) is 0 Å². The Morgan fingerprint density at radius 1 is 1.18 bits per heavy atom. The fourth-order valence-corrected chi connectivity index (χ4v) is 2.63. The first-order chi connectivity index (χ1) is 8.42. The van der Waals surface area contributed by atoms with Crippen molar-refractivity contribution in [2.24, 2.45) is 5.92 Å². The van der Waals surface area contributed by atoms with Crippen LogP contribution >= 0.6 is 0 Å². The molecule has 3 heteroatoms. The highest BCUT2D eigenvalue weighted by atomic mass is 16.5. The second kappa shape index (κ2) is 4.96. The maximum Gasteiger partial charge on any atom is 0.119 e. The maximum absolute atomic E-state index is 5.92. The van der Waals surface area contributed by atoms with Crippen LogP contribution in [0, 0.1) is 5.92 Å². The molecule has 2 heterocycles. The lowest BCUT2D eigenvalue weighted by Crippen LogP contribution is -2.30. The summed E-state index contributed by atoms with van der Waals surface area (Å²) in [5.41, 5.74) is 2.67. The Morgan fingerprint density at radius 3 is 2.94 bits per heavy atom. The third-order valence-corrected chi connectivity index (χ3v) is 3.73. The van der Waals surface area contributed by atoms with Crippen LogP contribution in [0.2, 0.25) is 0 Å². The number of anilines is 1. The van der Waals surface area contributed by atoms with Gasteiger partial charge in [-0.3, -0.25) is 0 Å². The van der Waals surface area contributed by atoms with Gasteiger partial charge in [-0.15, -0.1) is 0 Å². The molecule has 0 radical (unpaired) electrons. The van der Waals surface area contributed by atoms with Crippen LogP contribution in [0.5, 0.6) is 5.75 Å². The van der Waals surface area contributed by atoms with Crippen molar-refractivity contribution in [3.05, 3.63) is 23.8 Å².